The highest BCUT2D eigenvalue weighted by Crippen LogP contribution is 2.29. The van der Waals surface area contributed by atoms with E-state index in [0.717, 1.165) is 51.4 Å². The van der Waals surface area contributed by atoms with Crippen LogP contribution in [-0.4, -0.2) is 97.7 Å². The van der Waals surface area contributed by atoms with E-state index >= 15 is 0 Å². The molecular weight excluding hydrogens is 406 g/mol. The van der Waals surface area contributed by atoms with Gasteiger partial charge in [0.2, 0.25) is 0 Å². The number of hydrogen-bond donors (Lipinski definition) is 2. The van der Waals surface area contributed by atoms with Crippen LogP contribution in [0.3, 0.4) is 0 Å². The van der Waals surface area contributed by atoms with E-state index in [1.807, 2.05) is 37.4 Å². The van der Waals surface area contributed by atoms with Gasteiger partial charge in [-0.05, 0) is 30.3 Å². The first-order valence-electron chi connectivity index (χ1n) is 11.3. The monoisotopic (exact) mass is 443 g/mol. The van der Waals surface area contributed by atoms with E-state index in [0.29, 0.717) is 18.0 Å². The third-order valence-corrected chi connectivity index (χ3v) is 5.76. The van der Waals surface area contributed by atoms with Gasteiger partial charge in [0.15, 0.2) is 11.5 Å². The summed E-state index contributed by atoms with van der Waals surface area (Å²) in [5, 5.41) is 19.6. The lowest BCUT2D eigenvalue weighted by Gasteiger charge is -2.34. The van der Waals surface area contributed by atoms with E-state index in [-0.39, 0.29) is 13.2 Å². The number of likely N-dealkylation sites (N-methyl/N-ethyl adjacent to an activating group) is 1. The molecule has 0 radical (unpaired) electrons. The second kappa shape index (κ2) is 12.8. The largest absolute Gasteiger partial charge is 0.493 e. The summed E-state index contributed by atoms with van der Waals surface area (Å²) in [7, 11) is 3.63. The zero-order valence-corrected chi connectivity index (χ0v) is 19.3. The minimum absolute atomic E-state index is 0.207. The summed E-state index contributed by atoms with van der Waals surface area (Å²) in [6.07, 6.45) is -0.600. The zero-order valence-electron chi connectivity index (χ0n) is 19.3. The molecule has 0 aromatic heterocycles. The third kappa shape index (κ3) is 7.76. The van der Waals surface area contributed by atoms with Crippen LogP contribution in [0.1, 0.15) is 11.1 Å². The zero-order chi connectivity index (χ0) is 22.8. The quantitative estimate of drug-likeness (QED) is 0.517. The molecule has 32 heavy (non-hydrogen) atoms. The van der Waals surface area contributed by atoms with Crippen molar-refractivity contribution in [1.82, 2.24) is 14.7 Å². The van der Waals surface area contributed by atoms with E-state index in [4.69, 9.17) is 14.6 Å². The van der Waals surface area contributed by atoms with Crippen LogP contribution in [0.5, 0.6) is 11.5 Å². The summed E-state index contributed by atoms with van der Waals surface area (Å²) < 4.78 is 11.4. The summed E-state index contributed by atoms with van der Waals surface area (Å²) in [6.45, 7) is 7.23. The lowest BCUT2D eigenvalue weighted by Crippen LogP contribution is -2.46. The van der Waals surface area contributed by atoms with Crippen LogP contribution in [0.15, 0.2) is 48.5 Å². The van der Waals surface area contributed by atoms with Crippen LogP contribution in [0.2, 0.25) is 0 Å². The molecule has 0 spiro atoms. The van der Waals surface area contributed by atoms with E-state index < -0.39 is 6.10 Å². The minimum atomic E-state index is -0.600. The van der Waals surface area contributed by atoms with Gasteiger partial charge < -0.3 is 19.7 Å². The molecule has 0 saturated carbocycles. The second-order valence-electron chi connectivity index (χ2n) is 8.47. The van der Waals surface area contributed by atoms with Crippen molar-refractivity contribution in [3.63, 3.8) is 0 Å². The average Bonchev–Trinajstić information content (AvgIpc) is 2.80. The SMILES string of the molecule is COc1ccc(CN2CCN(CCO)CC2)cc1OCC(O)CN(C)Cc1ccccc1. The Bertz CT molecular complexity index is 797. The van der Waals surface area contributed by atoms with Crippen molar-refractivity contribution >= 4 is 0 Å². The van der Waals surface area contributed by atoms with Crippen molar-refractivity contribution < 1.29 is 19.7 Å². The van der Waals surface area contributed by atoms with Crippen molar-refractivity contribution in [2.45, 2.75) is 19.2 Å². The van der Waals surface area contributed by atoms with E-state index in [1.165, 1.54) is 5.56 Å². The van der Waals surface area contributed by atoms with Crippen LogP contribution in [0.25, 0.3) is 0 Å². The topological polar surface area (TPSA) is 68.6 Å². The highest BCUT2D eigenvalue weighted by molar-refractivity contribution is 5.43. The smallest absolute Gasteiger partial charge is 0.161 e. The molecule has 176 valence electrons. The Labute approximate surface area is 191 Å². The van der Waals surface area contributed by atoms with Gasteiger partial charge in [-0.2, -0.15) is 0 Å². The highest BCUT2D eigenvalue weighted by atomic mass is 16.5. The number of aliphatic hydroxyl groups excluding tert-OH is 2. The highest BCUT2D eigenvalue weighted by Gasteiger charge is 2.18. The molecule has 1 aliphatic heterocycles. The molecule has 0 aliphatic carbocycles. The molecule has 2 N–H and O–H groups in total. The van der Waals surface area contributed by atoms with Crippen molar-refractivity contribution in [3.05, 3.63) is 59.7 Å². The summed E-state index contributed by atoms with van der Waals surface area (Å²) in [6, 6.07) is 16.2. The first-order valence-corrected chi connectivity index (χ1v) is 11.3. The predicted molar refractivity (Wildman–Crippen MR) is 126 cm³/mol. The normalized spacial score (nSPS) is 16.3. The number of benzene rings is 2. The van der Waals surface area contributed by atoms with Crippen LogP contribution >= 0.6 is 0 Å². The number of ether oxygens (including phenoxy) is 2. The number of hydrogen-bond acceptors (Lipinski definition) is 7. The molecule has 1 heterocycles. The van der Waals surface area contributed by atoms with E-state index in [1.54, 1.807) is 7.11 Å². The van der Waals surface area contributed by atoms with E-state index in [2.05, 4.69) is 32.9 Å². The molecule has 1 fully saturated rings. The molecule has 7 heteroatoms. The number of rotatable bonds is 12. The molecule has 1 atom stereocenters. The van der Waals surface area contributed by atoms with E-state index in [9.17, 15) is 5.11 Å². The van der Waals surface area contributed by atoms with Crippen molar-refractivity contribution in [3.8, 4) is 11.5 Å². The van der Waals surface area contributed by atoms with Crippen molar-refractivity contribution in [2.75, 3.05) is 66.6 Å². The number of β-amino-alcohol motifs (C(OH)–C–C–N with tert-alkyl or cyclic N) is 1. The Hall–Kier alpha value is -2.16. The Morgan fingerprint density at radius 3 is 2.38 bits per heavy atom. The Morgan fingerprint density at radius 2 is 1.69 bits per heavy atom. The van der Waals surface area contributed by atoms with Crippen LogP contribution in [0.4, 0.5) is 0 Å². The van der Waals surface area contributed by atoms with Gasteiger partial charge in [0.25, 0.3) is 0 Å². The lowest BCUT2D eigenvalue weighted by atomic mass is 10.1. The molecule has 7 nitrogen and oxygen atoms in total. The first-order chi connectivity index (χ1) is 15.6. The summed E-state index contributed by atoms with van der Waals surface area (Å²) >= 11 is 0. The standard InChI is InChI=1S/C25H37N3O4/c1-26(17-21-6-4-3-5-7-21)19-23(30)20-32-25-16-22(8-9-24(25)31-2)18-28-12-10-27(11-13-28)14-15-29/h3-9,16,23,29-30H,10-15,17-20H2,1-2H3. The minimum Gasteiger partial charge on any atom is -0.493 e. The number of nitrogens with zero attached hydrogens (tertiary/aromatic N) is 3. The van der Waals surface area contributed by atoms with Crippen LogP contribution < -0.4 is 9.47 Å². The Morgan fingerprint density at radius 1 is 0.969 bits per heavy atom. The molecule has 3 rings (SSSR count). The summed E-state index contributed by atoms with van der Waals surface area (Å²) in [5.74, 6) is 1.33. The third-order valence-electron chi connectivity index (χ3n) is 5.76. The molecule has 0 bridgehead atoms. The maximum atomic E-state index is 10.5. The van der Waals surface area contributed by atoms with Gasteiger partial charge in [-0.25, -0.2) is 0 Å². The predicted octanol–water partition coefficient (Wildman–Crippen LogP) is 1.68. The number of aliphatic hydroxyl groups is 2. The maximum Gasteiger partial charge on any atom is 0.161 e. The molecule has 1 unspecified atom stereocenters. The fourth-order valence-electron chi connectivity index (χ4n) is 4.06. The van der Waals surface area contributed by atoms with Gasteiger partial charge in [-0.3, -0.25) is 14.7 Å². The Balaban J connectivity index is 1.49. The average molecular weight is 444 g/mol. The fraction of sp³-hybridized carbons (Fsp3) is 0.520. The first kappa shape index (κ1) is 24.5. The van der Waals surface area contributed by atoms with Crippen LogP contribution in [0, 0.1) is 0 Å². The van der Waals surface area contributed by atoms with Crippen molar-refractivity contribution in [2.24, 2.45) is 0 Å². The second-order valence-corrected chi connectivity index (χ2v) is 8.47. The maximum absolute atomic E-state index is 10.5. The Kier molecular flexibility index (Phi) is 9.77. The molecule has 2 aromatic rings. The molecule has 2 aromatic carbocycles. The molecular formula is C25H37N3O4. The van der Waals surface area contributed by atoms with Gasteiger partial charge in [0, 0.05) is 52.4 Å². The van der Waals surface area contributed by atoms with Crippen molar-refractivity contribution in [1.29, 1.82) is 0 Å². The lowest BCUT2D eigenvalue weighted by molar-refractivity contribution is 0.0731. The number of methoxy groups -OCH3 is 1. The fourth-order valence-corrected chi connectivity index (χ4v) is 4.06. The van der Waals surface area contributed by atoms with Crippen LogP contribution in [-0.2, 0) is 13.1 Å². The van der Waals surface area contributed by atoms with Gasteiger partial charge >= 0.3 is 0 Å². The van der Waals surface area contributed by atoms with Gasteiger partial charge in [0.1, 0.15) is 12.7 Å². The molecule has 1 saturated heterocycles. The summed E-state index contributed by atoms with van der Waals surface area (Å²) in [5.41, 5.74) is 2.38. The van der Waals surface area contributed by atoms with Gasteiger partial charge in [-0.1, -0.05) is 36.4 Å². The molecule has 1 aliphatic rings. The van der Waals surface area contributed by atoms with Gasteiger partial charge in [0.05, 0.1) is 13.7 Å². The molecule has 0 amide bonds. The number of piperazine rings is 1. The van der Waals surface area contributed by atoms with Gasteiger partial charge in [-0.15, -0.1) is 0 Å². The summed E-state index contributed by atoms with van der Waals surface area (Å²) in [4.78, 5) is 6.79.